The number of carboxylic acid groups (broad SMARTS) is 1. The minimum Gasteiger partial charge on any atom is -0.479 e. The minimum absolute atomic E-state index is 0.0638. The summed E-state index contributed by atoms with van der Waals surface area (Å²) in [7, 11) is 0. The molecule has 0 saturated carbocycles. The van der Waals surface area contributed by atoms with Gasteiger partial charge in [0.25, 0.3) is 0 Å². The molecule has 0 radical (unpaired) electrons. The van der Waals surface area contributed by atoms with Crippen molar-refractivity contribution in [2.75, 3.05) is 13.2 Å². The van der Waals surface area contributed by atoms with Crippen molar-refractivity contribution in [3.63, 3.8) is 0 Å². The van der Waals surface area contributed by atoms with Gasteiger partial charge in [0.05, 0.1) is 6.61 Å². The molecule has 1 rings (SSSR count). The van der Waals surface area contributed by atoms with Crippen molar-refractivity contribution in [1.29, 1.82) is 0 Å². The number of carbonyl (C=O) groups is 4. The van der Waals surface area contributed by atoms with Gasteiger partial charge in [-0.1, -0.05) is 205 Å². The van der Waals surface area contributed by atoms with E-state index in [4.69, 9.17) is 23.7 Å². The fourth-order valence-corrected chi connectivity index (χ4v) is 8.09. The second-order valence-electron chi connectivity index (χ2n) is 18.5. The highest BCUT2D eigenvalue weighted by atomic mass is 16.7. The molecule has 388 valence electrons. The fraction of sp³-hybridized carbons (Fsp3) is 0.818. The highest BCUT2D eigenvalue weighted by Gasteiger charge is 2.50. The summed E-state index contributed by atoms with van der Waals surface area (Å²) in [4.78, 5) is 50.8. The number of unbranched alkanes of at least 4 members (excludes halogenated alkanes) is 25. The normalized spacial score (nSPS) is 19.1. The van der Waals surface area contributed by atoms with Gasteiger partial charge in [-0.25, -0.2) is 4.79 Å². The van der Waals surface area contributed by atoms with Crippen molar-refractivity contribution in [2.45, 2.75) is 276 Å². The first-order valence-corrected chi connectivity index (χ1v) is 27.0. The minimum atomic E-state index is -1.90. The number of hydrogen-bond donors (Lipinski definition) is 3. The number of aliphatic carboxylic acids is 1. The number of esters is 3. The number of allylic oxidation sites excluding steroid dienone is 6. The van der Waals surface area contributed by atoms with E-state index in [0.29, 0.717) is 19.3 Å². The van der Waals surface area contributed by atoms with Crippen LogP contribution in [0.1, 0.15) is 239 Å². The molecule has 1 heterocycles. The summed E-state index contributed by atoms with van der Waals surface area (Å²) < 4.78 is 28.3. The Hall–Kier alpha value is -3.06. The maximum Gasteiger partial charge on any atom is 0.335 e. The van der Waals surface area contributed by atoms with Gasteiger partial charge in [0.15, 0.2) is 24.6 Å². The molecule has 0 aromatic rings. The van der Waals surface area contributed by atoms with Crippen molar-refractivity contribution in [3.8, 4) is 0 Å². The van der Waals surface area contributed by atoms with Gasteiger partial charge in [-0.3, -0.25) is 14.4 Å². The lowest BCUT2D eigenvalue weighted by Crippen LogP contribution is -2.61. The number of ether oxygens (including phenoxy) is 5. The number of rotatable bonds is 45. The van der Waals surface area contributed by atoms with Crippen LogP contribution < -0.4 is 0 Å². The molecule has 6 unspecified atom stereocenters. The first kappa shape index (κ1) is 62.0. The van der Waals surface area contributed by atoms with Gasteiger partial charge in [0, 0.05) is 19.3 Å². The maximum atomic E-state index is 13.0. The van der Waals surface area contributed by atoms with Crippen LogP contribution in [-0.4, -0.2) is 89.2 Å². The van der Waals surface area contributed by atoms with Crippen molar-refractivity contribution in [2.24, 2.45) is 0 Å². The third-order valence-corrected chi connectivity index (χ3v) is 12.2. The predicted octanol–water partition coefficient (Wildman–Crippen LogP) is 12.9. The third kappa shape index (κ3) is 34.8. The van der Waals surface area contributed by atoms with E-state index >= 15 is 0 Å². The fourth-order valence-electron chi connectivity index (χ4n) is 8.09. The maximum absolute atomic E-state index is 13.0. The molecule has 1 fully saturated rings. The predicted molar refractivity (Wildman–Crippen MR) is 266 cm³/mol. The third-order valence-electron chi connectivity index (χ3n) is 12.2. The first-order valence-electron chi connectivity index (χ1n) is 27.0. The van der Waals surface area contributed by atoms with E-state index in [-0.39, 0.29) is 25.9 Å². The number of carbonyl (C=O) groups excluding carboxylic acids is 3. The van der Waals surface area contributed by atoms with E-state index in [2.05, 4.69) is 57.2 Å². The lowest BCUT2D eigenvalue weighted by atomic mass is 9.98. The summed E-state index contributed by atoms with van der Waals surface area (Å²) in [6.45, 7) is 5.83. The van der Waals surface area contributed by atoms with Crippen LogP contribution >= 0.6 is 0 Å². The van der Waals surface area contributed by atoms with Crippen molar-refractivity contribution >= 4 is 23.9 Å². The summed E-state index contributed by atoms with van der Waals surface area (Å²) in [5.74, 6) is -3.13. The summed E-state index contributed by atoms with van der Waals surface area (Å²) in [5.41, 5.74) is 0. The molecule has 0 aromatic carbocycles. The van der Waals surface area contributed by atoms with Gasteiger partial charge in [-0.2, -0.15) is 0 Å². The zero-order chi connectivity index (χ0) is 49.0. The monoisotopic (exact) mass is 949 g/mol. The van der Waals surface area contributed by atoms with Crippen molar-refractivity contribution in [1.82, 2.24) is 0 Å². The highest BCUT2D eigenvalue weighted by molar-refractivity contribution is 5.74. The molecule has 0 aliphatic carbocycles. The zero-order valence-electron chi connectivity index (χ0n) is 42.4. The SMILES string of the molecule is CC/C=C\C/C=C\C/C=C\CCCCCCCC(=O)OCC(COC1OC(C(=O)O)C(O)C(O)C1OC(=O)CCCCCCCCCCCCCCC)OC(=O)CCCCCCCCCCC. The van der Waals surface area contributed by atoms with Gasteiger partial charge in [-0.05, 0) is 51.4 Å². The average molecular weight is 949 g/mol. The zero-order valence-corrected chi connectivity index (χ0v) is 42.4. The number of hydrogen-bond acceptors (Lipinski definition) is 11. The first-order chi connectivity index (χ1) is 32.6. The van der Waals surface area contributed by atoms with Crippen molar-refractivity contribution < 1.29 is 58.2 Å². The Morgan fingerprint density at radius 2 is 0.940 bits per heavy atom. The second-order valence-corrected chi connectivity index (χ2v) is 18.5. The van der Waals surface area contributed by atoms with E-state index in [1.165, 1.54) is 83.5 Å². The van der Waals surface area contributed by atoms with Crippen LogP contribution in [0.4, 0.5) is 0 Å². The van der Waals surface area contributed by atoms with Crippen LogP contribution in [-0.2, 0) is 42.9 Å². The molecule has 0 amide bonds. The van der Waals surface area contributed by atoms with Gasteiger partial charge in [0.1, 0.15) is 18.8 Å². The number of aliphatic hydroxyl groups is 2. The lowest BCUT2D eigenvalue weighted by molar-refractivity contribution is -0.301. The molecule has 12 heteroatoms. The van der Waals surface area contributed by atoms with E-state index < -0.39 is 67.3 Å². The molecule has 6 atom stereocenters. The summed E-state index contributed by atoms with van der Waals surface area (Å²) in [5, 5.41) is 31.3. The Balaban J connectivity index is 2.70. The molecule has 1 saturated heterocycles. The van der Waals surface area contributed by atoms with Crippen molar-refractivity contribution in [3.05, 3.63) is 36.5 Å². The Morgan fingerprint density at radius 1 is 0.507 bits per heavy atom. The topological polar surface area (TPSA) is 175 Å². The Bertz CT molecular complexity index is 1310. The highest BCUT2D eigenvalue weighted by Crippen LogP contribution is 2.26. The standard InChI is InChI=1S/C55H96O12/c1-4-7-10-13-16-19-21-23-24-26-27-30-32-35-38-41-47(56)63-44-46(65-48(57)42-39-36-33-29-18-15-12-9-6-3)45-64-55-53(51(60)50(59)52(67-55)54(61)62)66-49(58)43-40-37-34-31-28-25-22-20-17-14-11-8-5-2/h7,10,16,19,23-24,46,50-53,55,59-60H,4-6,8-9,11-15,17-18,20-22,25-45H2,1-3H3,(H,61,62)/b10-7-,19-16-,24-23-. The van der Waals surface area contributed by atoms with Gasteiger partial charge in [-0.15, -0.1) is 0 Å². The van der Waals surface area contributed by atoms with Gasteiger partial charge >= 0.3 is 23.9 Å². The Labute approximate surface area is 406 Å². The molecule has 1 aliphatic rings. The molecule has 0 spiro atoms. The molecule has 0 bridgehead atoms. The van der Waals surface area contributed by atoms with E-state index in [1.807, 2.05) is 0 Å². The largest absolute Gasteiger partial charge is 0.479 e. The molecule has 12 nitrogen and oxygen atoms in total. The molecular weight excluding hydrogens is 853 g/mol. The van der Waals surface area contributed by atoms with Crippen LogP contribution in [0.15, 0.2) is 36.5 Å². The van der Waals surface area contributed by atoms with Crippen LogP contribution in [0.2, 0.25) is 0 Å². The second kappa shape index (κ2) is 44.2. The smallest absolute Gasteiger partial charge is 0.335 e. The molecule has 67 heavy (non-hydrogen) atoms. The molecule has 0 aromatic heterocycles. The van der Waals surface area contributed by atoms with E-state index in [1.54, 1.807) is 0 Å². The summed E-state index contributed by atoms with van der Waals surface area (Å²) in [6, 6.07) is 0. The summed E-state index contributed by atoms with van der Waals surface area (Å²) in [6.07, 6.45) is 37.1. The summed E-state index contributed by atoms with van der Waals surface area (Å²) >= 11 is 0. The number of carboxylic acids is 1. The molecule has 1 aliphatic heterocycles. The van der Waals surface area contributed by atoms with Gasteiger partial charge < -0.3 is 39.0 Å². The number of aliphatic hydroxyl groups excluding tert-OH is 2. The quantitative estimate of drug-likeness (QED) is 0.0228. The molecule has 3 N–H and O–H groups in total. The van der Waals surface area contributed by atoms with E-state index in [0.717, 1.165) is 96.3 Å². The Morgan fingerprint density at radius 3 is 1.43 bits per heavy atom. The van der Waals surface area contributed by atoms with E-state index in [9.17, 15) is 34.5 Å². The lowest BCUT2D eigenvalue weighted by Gasteiger charge is -2.40. The average Bonchev–Trinajstić information content (AvgIpc) is 3.31. The van der Waals surface area contributed by atoms with Crippen LogP contribution in [0, 0.1) is 0 Å². The molecular formula is C55H96O12. The van der Waals surface area contributed by atoms with Crippen LogP contribution in [0.25, 0.3) is 0 Å². The van der Waals surface area contributed by atoms with Crippen LogP contribution in [0.3, 0.4) is 0 Å². The van der Waals surface area contributed by atoms with Gasteiger partial charge in [0.2, 0.25) is 0 Å². The Kier molecular flexibility index (Phi) is 40.8. The van der Waals surface area contributed by atoms with Crippen LogP contribution in [0.5, 0.6) is 0 Å².